The minimum Gasteiger partial charge on any atom is -0.493 e. The zero-order valence-corrected chi connectivity index (χ0v) is 27.0. The lowest BCUT2D eigenvalue weighted by Gasteiger charge is -2.58. The van der Waals surface area contributed by atoms with Gasteiger partial charge in [0, 0.05) is 30.6 Å². The van der Waals surface area contributed by atoms with Gasteiger partial charge in [-0.1, -0.05) is 6.42 Å². The van der Waals surface area contributed by atoms with Crippen molar-refractivity contribution in [2.45, 2.75) is 101 Å². The average molecular weight is 635 g/mol. The Labute approximate surface area is 271 Å². The average Bonchev–Trinajstić information content (AvgIpc) is 3.77. The number of rotatable bonds is 10. The maximum atomic E-state index is 14.7. The number of nitrogens with zero attached hydrogens (tertiary/aromatic N) is 1. The molecule has 1 aromatic carbocycles. The summed E-state index contributed by atoms with van der Waals surface area (Å²) in [6, 6.07) is 2.82. The summed E-state index contributed by atoms with van der Waals surface area (Å²) >= 11 is 0. The third kappa shape index (κ3) is 5.16. The van der Waals surface area contributed by atoms with Gasteiger partial charge in [-0.2, -0.15) is 0 Å². The normalized spacial score (nSPS) is 39.4. The number of amides is 2. The molecule has 0 aromatic heterocycles. The second-order valence-corrected chi connectivity index (χ2v) is 16.1. The Balaban J connectivity index is 1.18. The summed E-state index contributed by atoms with van der Waals surface area (Å²) in [6.07, 6.45) is 12.7. The molecule has 6 fully saturated rings. The molecule has 8 aliphatic rings. The fraction of sp³-hybridized carbons (Fsp3) is 0.730. The molecule has 9 rings (SSSR count). The molecular weight excluding hydrogens is 584 g/mol. The van der Waals surface area contributed by atoms with Gasteiger partial charge in [0.15, 0.2) is 11.5 Å². The van der Waals surface area contributed by atoms with E-state index in [1.165, 1.54) is 45.6 Å². The number of nitrogens with one attached hydrogen (secondary N) is 1. The predicted octanol–water partition coefficient (Wildman–Crippen LogP) is 3.68. The Morgan fingerprint density at radius 3 is 2.37 bits per heavy atom. The molecule has 9 nitrogen and oxygen atoms in total. The quantitative estimate of drug-likeness (QED) is 0.309. The van der Waals surface area contributed by atoms with E-state index in [4.69, 9.17) is 9.47 Å². The molecule has 4 N–H and O–H groups in total. The third-order valence-electron chi connectivity index (χ3n) is 13.2. The monoisotopic (exact) mass is 634 g/mol. The molecule has 9 heteroatoms. The number of methoxy groups -OCH3 is 1. The first-order chi connectivity index (χ1) is 22.3. The van der Waals surface area contributed by atoms with Crippen LogP contribution in [0.25, 0.3) is 0 Å². The van der Waals surface area contributed by atoms with Crippen LogP contribution < -0.4 is 14.8 Å². The molecule has 7 aliphatic carbocycles. The van der Waals surface area contributed by atoms with Crippen molar-refractivity contribution in [1.82, 2.24) is 10.2 Å². The fourth-order valence-corrected chi connectivity index (χ4v) is 11.8. The van der Waals surface area contributed by atoms with E-state index in [-0.39, 0.29) is 37.0 Å². The topological polar surface area (TPSA) is 129 Å². The molecule has 250 valence electrons. The molecule has 3 unspecified atom stereocenters. The second-order valence-electron chi connectivity index (χ2n) is 16.1. The molecule has 6 bridgehead atoms. The fourth-order valence-electron chi connectivity index (χ4n) is 11.8. The molecule has 0 radical (unpaired) electrons. The van der Waals surface area contributed by atoms with E-state index in [1.807, 2.05) is 17.0 Å². The summed E-state index contributed by atoms with van der Waals surface area (Å²) < 4.78 is 12.1. The summed E-state index contributed by atoms with van der Waals surface area (Å²) in [5.41, 5.74) is 1.78. The van der Waals surface area contributed by atoms with Crippen molar-refractivity contribution in [3.8, 4) is 11.5 Å². The van der Waals surface area contributed by atoms with Crippen LogP contribution in [0.4, 0.5) is 0 Å². The lowest BCUT2D eigenvalue weighted by Crippen LogP contribution is -2.60. The van der Waals surface area contributed by atoms with E-state index in [0.717, 1.165) is 49.4 Å². The predicted molar refractivity (Wildman–Crippen MR) is 170 cm³/mol. The molecule has 7 atom stereocenters. The first-order valence-electron chi connectivity index (χ1n) is 17.8. The first kappa shape index (κ1) is 30.7. The van der Waals surface area contributed by atoms with E-state index in [2.05, 4.69) is 5.32 Å². The molecule has 2 amide bonds. The number of carbonyl (C=O) groups is 2. The number of aliphatic hydroxyl groups excluding tert-OH is 3. The van der Waals surface area contributed by atoms with E-state index >= 15 is 0 Å². The Morgan fingerprint density at radius 2 is 1.76 bits per heavy atom. The van der Waals surface area contributed by atoms with Gasteiger partial charge < -0.3 is 35.0 Å². The van der Waals surface area contributed by atoms with Crippen LogP contribution in [-0.2, 0) is 16.2 Å². The molecule has 1 heterocycles. The van der Waals surface area contributed by atoms with Crippen molar-refractivity contribution >= 4 is 11.8 Å². The highest BCUT2D eigenvalue weighted by molar-refractivity contribution is 5.96. The summed E-state index contributed by atoms with van der Waals surface area (Å²) in [6.45, 7) is 0.296. The lowest BCUT2D eigenvalue weighted by atomic mass is 9.49. The van der Waals surface area contributed by atoms with Gasteiger partial charge >= 0.3 is 0 Å². The van der Waals surface area contributed by atoms with Crippen LogP contribution in [0, 0.1) is 40.9 Å². The van der Waals surface area contributed by atoms with Crippen LogP contribution in [0.1, 0.15) is 87.7 Å². The number of fused-ring (bicyclic) bond motifs is 5. The number of hydrogen-bond acceptors (Lipinski definition) is 7. The zero-order chi connectivity index (χ0) is 31.7. The van der Waals surface area contributed by atoms with Crippen LogP contribution in [0.2, 0.25) is 0 Å². The van der Waals surface area contributed by atoms with Crippen molar-refractivity contribution < 1.29 is 34.4 Å². The molecule has 0 saturated heterocycles. The third-order valence-corrected chi connectivity index (χ3v) is 13.2. The van der Waals surface area contributed by atoms with Gasteiger partial charge in [0.2, 0.25) is 11.8 Å². The van der Waals surface area contributed by atoms with Gasteiger partial charge in [0.05, 0.1) is 32.3 Å². The van der Waals surface area contributed by atoms with Crippen LogP contribution in [0.15, 0.2) is 23.8 Å². The highest BCUT2D eigenvalue weighted by atomic mass is 16.5. The van der Waals surface area contributed by atoms with E-state index in [1.54, 1.807) is 6.07 Å². The Morgan fingerprint density at radius 1 is 1.02 bits per heavy atom. The van der Waals surface area contributed by atoms with Crippen LogP contribution >= 0.6 is 0 Å². The maximum absolute atomic E-state index is 14.7. The molecular formula is C37H50N2O7. The standard InChI is InChI=1S/C37H50N2O7/c1-45-30-12-24(18-41)11-27-32-28(36(44)38-4-5-40)14-29(33(43)35(32)46-34(27)30)39(31(42)13-26-10-20-2-3-25(26)9-20)19-37-15-21-6-22(16-37)8-23(7-21)17-37/h11-12,14,20-23,25-26,29,32-33,35,40-41,43H,2-10,13,15-19H2,1H3,(H,38,44)/t20?,21?,22?,23?,25?,26?,29-,32+,33+,35+,37?/m1/s1. The largest absolute Gasteiger partial charge is 0.493 e. The SMILES string of the molecule is COc1cc(CO)cc2c1O[C@@H]1[C@@H](O)[C@H](N(CC34CC5CC(CC(C5)C3)C4)C(=O)CC3CC4CCC3C4)C=C(C(=O)NCCO)[C@H]21. The minimum atomic E-state index is -1.06. The minimum absolute atomic E-state index is 0.0571. The van der Waals surface area contributed by atoms with Crippen molar-refractivity contribution in [1.29, 1.82) is 0 Å². The van der Waals surface area contributed by atoms with Gasteiger partial charge in [-0.3, -0.25) is 9.59 Å². The Hall–Kier alpha value is -2.62. The Bertz CT molecular complexity index is 1370. The lowest BCUT2D eigenvalue weighted by molar-refractivity contribution is -0.146. The highest BCUT2D eigenvalue weighted by Gasteiger charge is 2.56. The zero-order valence-electron chi connectivity index (χ0n) is 27.0. The summed E-state index contributed by atoms with van der Waals surface area (Å²) in [4.78, 5) is 30.5. The molecule has 1 aliphatic heterocycles. The number of benzene rings is 1. The van der Waals surface area contributed by atoms with Gasteiger partial charge in [0.1, 0.15) is 12.2 Å². The van der Waals surface area contributed by atoms with Crippen molar-refractivity contribution in [2.75, 3.05) is 26.8 Å². The van der Waals surface area contributed by atoms with Crippen molar-refractivity contribution in [3.63, 3.8) is 0 Å². The molecule has 46 heavy (non-hydrogen) atoms. The second kappa shape index (κ2) is 11.8. The van der Waals surface area contributed by atoms with E-state index in [9.17, 15) is 24.9 Å². The molecule has 0 spiro atoms. The van der Waals surface area contributed by atoms with E-state index in [0.29, 0.717) is 53.0 Å². The van der Waals surface area contributed by atoms with Crippen molar-refractivity contribution in [2.24, 2.45) is 40.9 Å². The summed E-state index contributed by atoms with van der Waals surface area (Å²) in [5, 5.41) is 34.6. The smallest absolute Gasteiger partial charge is 0.247 e. The van der Waals surface area contributed by atoms with Gasteiger partial charge in [-0.15, -0.1) is 0 Å². The molecule has 1 aromatic rings. The molecule has 6 saturated carbocycles. The van der Waals surface area contributed by atoms with Crippen molar-refractivity contribution in [3.05, 3.63) is 34.9 Å². The maximum Gasteiger partial charge on any atom is 0.247 e. The van der Waals surface area contributed by atoms with Crippen LogP contribution in [0.5, 0.6) is 11.5 Å². The van der Waals surface area contributed by atoms with Crippen LogP contribution in [-0.4, -0.2) is 77.1 Å². The number of carbonyl (C=O) groups excluding carboxylic acids is 2. The Kier molecular flexibility index (Phi) is 7.88. The number of aliphatic hydroxyl groups is 3. The highest BCUT2D eigenvalue weighted by Crippen LogP contribution is 2.61. The first-order valence-corrected chi connectivity index (χ1v) is 17.8. The summed E-state index contributed by atoms with van der Waals surface area (Å²) in [7, 11) is 1.54. The van der Waals surface area contributed by atoms with Gasteiger partial charge in [0.25, 0.3) is 0 Å². The van der Waals surface area contributed by atoms with Gasteiger partial charge in [-0.25, -0.2) is 0 Å². The number of hydrogen-bond donors (Lipinski definition) is 4. The summed E-state index contributed by atoms with van der Waals surface area (Å²) in [5.74, 6) is 3.97. The van der Waals surface area contributed by atoms with E-state index < -0.39 is 24.2 Å². The number of ether oxygens (including phenoxy) is 2. The van der Waals surface area contributed by atoms with Crippen LogP contribution in [0.3, 0.4) is 0 Å². The van der Waals surface area contributed by atoms with Gasteiger partial charge in [-0.05, 0) is 122 Å².